The van der Waals surface area contributed by atoms with E-state index in [1.807, 2.05) is 31.2 Å². The molecule has 2 aromatic rings. The third-order valence-electron chi connectivity index (χ3n) is 3.61. The summed E-state index contributed by atoms with van der Waals surface area (Å²) in [7, 11) is 0. The van der Waals surface area contributed by atoms with Gasteiger partial charge in [0.05, 0.1) is 18.2 Å². The molecule has 0 atom stereocenters. The largest absolute Gasteiger partial charge is 0.494 e. The molecule has 0 saturated carbocycles. The Bertz CT molecular complexity index is 768. The van der Waals surface area contributed by atoms with Crippen molar-refractivity contribution >= 4 is 41.3 Å². The van der Waals surface area contributed by atoms with Gasteiger partial charge >= 0.3 is 6.18 Å². The number of guanidine groups is 1. The van der Waals surface area contributed by atoms with Gasteiger partial charge in [-0.2, -0.15) is 13.2 Å². The van der Waals surface area contributed by atoms with Gasteiger partial charge in [0.25, 0.3) is 0 Å². The van der Waals surface area contributed by atoms with Crippen molar-refractivity contribution < 1.29 is 17.9 Å². The number of rotatable bonds is 9. The van der Waals surface area contributed by atoms with Crippen molar-refractivity contribution in [2.75, 3.05) is 19.7 Å². The number of alkyl halides is 3. The minimum absolute atomic E-state index is 0. The van der Waals surface area contributed by atoms with Gasteiger partial charge in [0.15, 0.2) is 11.7 Å². The molecule has 162 valence electrons. The average Bonchev–Trinajstić information content (AvgIpc) is 3.14. The summed E-state index contributed by atoms with van der Waals surface area (Å²) in [5, 5.41) is 7.74. The van der Waals surface area contributed by atoms with Crippen molar-refractivity contribution in [3.05, 3.63) is 45.9 Å². The van der Waals surface area contributed by atoms with E-state index < -0.39 is 11.9 Å². The van der Waals surface area contributed by atoms with Crippen LogP contribution in [0.2, 0.25) is 0 Å². The van der Waals surface area contributed by atoms with Gasteiger partial charge in [0, 0.05) is 24.9 Å². The lowest BCUT2D eigenvalue weighted by molar-refractivity contribution is -0.140. The first-order valence-electron chi connectivity index (χ1n) is 9.18. The second-order valence-corrected chi connectivity index (χ2v) is 6.93. The molecule has 1 heterocycles. The summed E-state index contributed by atoms with van der Waals surface area (Å²) in [6, 6.07) is 7.77. The summed E-state index contributed by atoms with van der Waals surface area (Å²) in [6.45, 7) is 6.26. The maximum absolute atomic E-state index is 12.6. The van der Waals surface area contributed by atoms with Gasteiger partial charge in [-0.3, -0.25) is 0 Å². The van der Waals surface area contributed by atoms with E-state index in [1.54, 1.807) is 0 Å². The highest BCUT2D eigenvalue weighted by molar-refractivity contribution is 14.0. The van der Waals surface area contributed by atoms with Crippen LogP contribution in [0.4, 0.5) is 13.2 Å². The Morgan fingerprint density at radius 3 is 2.69 bits per heavy atom. The number of hydrogen-bond donors (Lipinski definition) is 2. The van der Waals surface area contributed by atoms with Crippen LogP contribution in [-0.2, 0) is 19.1 Å². The standard InChI is InChI=1S/C19H25F3N4OS.HI/c1-3-10-27-15-7-5-6-14(11-15)12-25-18(23-4-2)24-9-8-17-26-16(13-28-17)19(20,21)22;/h5-7,11,13H,3-4,8-10,12H2,1-2H3,(H2,23,24,25);1H. The predicted molar refractivity (Wildman–Crippen MR) is 121 cm³/mol. The van der Waals surface area contributed by atoms with Crippen LogP contribution in [0.15, 0.2) is 34.6 Å². The third kappa shape index (κ3) is 9.20. The number of nitrogens with zero attached hydrogens (tertiary/aromatic N) is 2. The van der Waals surface area contributed by atoms with Crippen LogP contribution in [0.3, 0.4) is 0 Å². The Hall–Kier alpha value is -1.56. The number of nitrogens with one attached hydrogen (secondary N) is 2. The quantitative estimate of drug-likeness (QED) is 0.270. The van der Waals surface area contributed by atoms with E-state index in [0.717, 1.165) is 34.5 Å². The minimum Gasteiger partial charge on any atom is -0.494 e. The van der Waals surface area contributed by atoms with Gasteiger partial charge in [-0.1, -0.05) is 19.1 Å². The maximum Gasteiger partial charge on any atom is 0.434 e. The molecule has 2 rings (SSSR count). The second kappa shape index (κ2) is 12.9. The lowest BCUT2D eigenvalue weighted by Gasteiger charge is -2.11. The molecule has 0 radical (unpaired) electrons. The van der Waals surface area contributed by atoms with E-state index in [-0.39, 0.29) is 24.0 Å². The SMILES string of the molecule is CCCOc1cccc(CN=C(NCC)NCCc2nc(C(F)(F)F)cs2)c1.I. The summed E-state index contributed by atoms with van der Waals surface area (Å²) >= 11 is 1.01. The first-order chi connectivity index (χ1) is 13.4. The molecule has 0 aliphatic heterocycles. The fourth-order valence-corrected chi connectivity index (χ4v) is 3.11. The molecule has 0 aliphatic carbocycles. The molecule has 0 amide bonds. The summed E-state index contributed by atoms with van der Waals surface area (Å²) in [5.74, 6) is 1.42. The molecular weight excluding hydrogens is 516 g/mol. The van der Waals surface area contributed by atoms with Crippen LogP contribution in [0.1, 0.15) is 36.5 Å². The number of hydrogen-bond acceptors (Lipinski definition) is 4. The fraction of sp³-hybridized carbons (Fsp3) is 0.474. The van der Waals surface area contributed by atoms with E-state index in [1.165, 1.54) is 0 Å². The zero-order chi connectivity index (χ0) is 20.4. The van der Waals surface area contributed by atoms with Crippen LogP contribution in [-0.4, -0.2) is 30.6 Å². The van der Waals surface area contributed by atoms with Crippen molar-refractivity contribution in [1.82, 2.24) is 15.6 Å². The van der Waals surface area contributed by atoms with Gasteiger partial charge < -0.3 is 15.4 Å². The molecule has 0 saturated heterocycles. The van der Waals surface area contributed by atoms with Crippen LogP contribution in [0.5, 0.6) is 5.75 Å². The monoisotopic (exact) mass is 542 g/mol. The van der Waals surface area contributed by atoms with Crippen molar-refractivity contribution in [3.63, 3.8) is 0 Å². The van der Waals surface area contributed by atoms with Gasteiger partial charge in [0.1, 0.15) is 5.75 Å². The van der Waals surface area contributed by atoms with Crippen LogP contribution in [0.25, 0.3) is 0 Å². The Morgan fingerprint density at radius 1 is 1.24 bits per heavy atom. The molecule has 5 nitrogen and oxygen atoms in total. The summed E-state index contributed by atoms with van der Waals surface area (Å²) in [6.07, 6.45) is -3.06. The normalized spacial score (nSPS) is 11.7. The molecule has 1 aromatic heterocycles. The highest BCUT2D eigenvalue weighted by Crippen LogP contribution is 2.30. The van der Waals surface area contributed by atoms with Crippen LogP contribution < -0.4 is 15.4 Å². The summed E-state index contributed by atoms with van der Waals surface area (Å²) < 4.78 is 43.4. The summed E-state index contributed by atoms with van der Waals surface area (Å²) in [4.78, 5) is 8.15. The van der Waals surface area contributed by atoms with Crippen molar-refractivity contribution in [1.29, 1.82) is 0 Å². The van der Waals surface area contributed by atoms with Gasteiger partial charge in [-0.05, 0) is 31.0 Å². The van der Waals surface area contributed by atoms with E-state index in [2.05, 4.69) is 27.5 Å². The minimum atomic E-state index is -4.39. The maximum atomic E-state index is 12.6. The predicted octanol–water partition coefficient (Wildman–Crippen LogP) is 4.87. The van der Waals surface area contributed by atoms with Gasteiger partial charge in [-0.25, -0.2) is 9.98 Å². The van der Waals surface area contributed by atoms with Gasteiger partial charge in [0.2, 0.25) is 0 Å². The smallest absolute Gasteiger partial charge is 0.434 e. The van der Waals surface area contributed by atoms with E-state index in [9.17, 15) is 13.2 Å². The third-order valence-corrected chi connectivity index (χ3v) is 4.52. The van der Waals surface area contributed by atoms with Gasteiger partial charge in [-0.15, -0.1) is 35.3 Å². The highest BCUT2D eigenvalue weighted by Gasteiger charge is 2.33. The molecule has 29 heavy (non-hydrogen) atoms. The van der Waals surface area contributed by atoms with Crippen LogP contribution >= 0.6 is 35.3 Å². The van der Waals surface area contributed by atoms with Crippen molar-refractivity contribution in [2.24, 2.45) is 4.99 Å². The Morgan fingerprint density at radius 2 is 2.03 bits per heavy atom. The molecule has 0 aliphatic rings. The lowest BCUT2D eigenvalue weighted by atomic mass is 10.2. The van der Waals surface area contributed by atoms with E-state index in [4.69, 9.17) is 4.74 Å². The molecule has 0 unspecified atom stereocenters. The Labute approximate surface area is 190 Å². The first-order valence-corrected chi connectivity index (χ1v) is 10.1. The number of aliphatic imine (C=N–C) groups is 1. The zero-order valence-electron chi connectivity index (χ0n) is 16.4. The molecule has 0 bridgehead atoms. The summed E-state index contributed by atoms with van der Waals surface area (Å²) in [5.41, 5.74) is 0.179. The Kier molecular flexibility index (Phi) is 11.3. The first kappa shape index (κ1) is 25.5. The highest BCUT2D eigenvalue weighted by atomic mass is 127. The number of benzene rings is 1. The molecule has 0 fully saturated rings. The molecule has 2 N–H and O–H groups in total. The molecular formula is C19H26F3IN4OS. The van der Waals surface area contributed by atoms with Crippen molar-refractivity contribution in [3.8, 4) is 5.75 Å². The molecule has 1 aromatic carbocycles. The molecule has 10 heteroatoms. The number of thiazole rings is 1. The Balaban J connectivity index is 0.00000420. The number of halogens is 4. The fourth-order valence-electron chi connectivity index (χ4n) is 2.31. The van der Waals surface area contributed by atoms with Crippen molar-refractivity contribution in [2.45, 2.75) is 39.4 Å². The molecule has 0 spiro atoms. The zero-order valence-corrected chi connectivity index (χ0v) is 19.5. The lowest BCUT2D eigenvalue weighted by Crippen LogP contribution is -2.38. The number of ether oxygens (including phenoxy) is 1. The topological polar surface area (TPSA) is 58.5 Å². The number of aromatic nitrogens is 1. The second-order valence-electron chi connectivity index (χ2n) is 5.99. The van der Waals surface area contributed by atoms with Crippen LogP contribution in [0, 0.1) is 0 Å². The average molecular weight is 542 g/mol. The van der Waals surface area contributed by atoms with E-state index >= 15 is 0 Å². The van der Waals surface area contributed by atoms with E-state index in [0.29, 0.717) is 43.6 Å².